The Bertz CT molecular complexity index is 601. The van der Waals surface area contributed by atoms with E-state index in [-0.39, 0.29) is 11.5 Å². The molecule has 2 aromatic rings. The molecule has 1 unspecified atom stereocenters. The Morgan fingerprint density at radius 3 is 2.94 bits per heavy atom. The van der Waals surface area contributed by atoms with Crippen LogP contribution in [0.15, 0.2) is 47.4 Å². The van der Waals surface area contributed by atoms with E-state index in [1.165, 1.54) is 0 Å². The van der Waals surface area contributed by atoms with E-state index in [9.17, 15) is 4.79 Å². The van der Waals surface area contributed by atoms with Crippen molar-refractivity contribution in [3.8, 4) is 5.69 Å². The summed E-state index contributed by atoms with van der Waals surface area (Å²) in [4.78, 5) is 11.4. The van der Waals surface area contributed by atoms with Crippen LogP contribution < -0.4 is 10.7 Å². The molecule has 3 nitrogen and oxygen atoms in total. The van der Waals surface area contributed by atoms with Crippen LogP contribution in [0.4, 0.5) is 5.69 Å². The Kier molecular flexibility index (Phi) is 1.86. The minimum Gasteiger partial charge on any atom is -0.375 e. The second-order valence-corrected chi connectivity index (χ2v) is 4.04. The molecule has 2 heterocycles. The maximum atomic E-state index is 11.4. The third-order valence-electron chi connectivity index (χ3n) is 2.94. The lowest BCUT2D eigenvalue weighted by molar-refractivity contribution is 0.757. The van der Waals surface area contributed by atoms with Crippen LogP contribution in [0, 0.1) is 0 Å². The number of aromatic nitrogens is 1. The molecule has 1 atom stereocenters. The van der Waals surface area contributed by atoms with Crippen LogP contribution in [0.1, 0.15) is 18.7 Å². The number of nitrogens with one attached hydrogen (secondary N) is 1. The monoisotopic (exact) mass is 212 g/mol. The zero-order chi connectivity index (χ0) is 11.1. The molecule has 0 aliphatic carbocycles. The van der Waals surface area contributed by atoms with Crippen molar-refractivity contribution in [1.29, 1.82) is 0 Å². The van der Waals surface area contributed by atoms with Gasteiger partial charge in [0.05, 0.1) is 17.4 Å². The highest BCUT2D eigenvalue weighted by Gasteiger charge is 2.19. The van der Waals surface area contributed by atoms with E-state index in [1.54, 1.807) is 12.1 Å². The summed E-state index contributed by atoms with van der Waals surface area (Å²) in [5.41, 5.74) is 3.26. The summed E-state index contributed by atoms with van der Waals surface area (Å²) in [5, 5.41) is 3.38. The molecule has 80 valence electrons. The minimum atomic E-state index is 0.0549. The molecule has 1 aliphatic rings. The van der Waals surface area contributed by atoms with Crippen LogP contribution in [0.2, 0.25) is 0 Å². The van der Waals surface area contributed by atoms with Gasteiger partial charge in [-0.25, -0.2) is 0 Å². The third-order valence-corrected chi connectivity index (χ3v) is 2.94. The quantitative estimate of drug-likeness (QED) is 0.727. The van der Waals surface area contributed by atoms with Crippen molar-refractivity contribution in [2.75, 3.05) is 5.32 Å². The van der Waals surface area contributed by atoms with Gasteiger partial charge in [-0.2, -0.15) is 0 Å². The van der Waals surface area contributed by atoms with Gasteiger partial charge in [0, 0.05) is 24.0 Å². The highest BCUT2D eigenvalue weighted by molar-refractivity contribution is 5.64. The number of benzene rings is 1. The van der Waals surface area contributed by atoms with Crippen molar-refractivity contribution in [2.45, 2.75) is 13.0 Å². The predicted molar refractivity (Wildman–Crippen MR) is 64.1 cm³/mol. The molecule has 16 heavy (non-hydrogen) atoms. The molecular weight excluding hydrogens is 200 g/mol. The van der Waals surface area contributed by atoms with Crippen LogP contribution in [-0.4, -0.2) is 4.57 Å². The molecule has 3 heteroatoms. The molecule has 0 saturated carbocycles. The number of para-hydroxylation sites is 2. The summed E-state index contributed by atoms with van der Waals surface area (Å²) in [5.74, 6) is 0. The van der Waals surface area contributed by atoms with Gasteiger partial charge in [0.25, 0.3) is 0 Å². The summed E-state index contributed by atoms with van der Waals surface area (Å²) in [6, 6.07) is 11.5. The van der Waals surface area contributed by atoms with Gasteiger partial charge in [-0.3, -0.25) is 4.79 Å². The fraction of sp³-hybridized carbons (Fsp3) is 0.154. The molecule has 0 radical (unpaired) electrons. The van der Waals surface area contributed by atoms with E-state index in [1.807, 2.05) is 30.5 Å². The van der Waals surface area contributed by atoms with Gasteiger partial charge in [0.15, 0.2) is 5.43 Å². The SMILES string of the molecule is CC1Nc2ccccc2-n2ccc(=O)cc21. The Hall–Kier alpha value is -2.03. The molecule has 0 bridgehead atoms. The number of fused-ring (bicyclic) bond motifs is 3. The third kappa shape index (κ3) is 1.25. The first-order valence-electron chi connectivity index (χ1n) is 5.34. The lowest BCUT2D eigenvalue weighted by Gasteiger charge is -2.28. The summed E-state index contributed by atoms with van der Waals surface area (Å²) in [6.45, 7) is 2.06. The Balaban J connectivity index is 2.32. The molecule has 0 fully saturated rings. The molecule has 0 saturated heterocycles. The predicted octanol–water partition coefficient (Wildman–Crippen LogP) is 2.32. The smallest absolute Gasteiger partial charge is 0.181 e. The maximum absolute atomic E-state index is 11.4. The Morgan fingerprint density at radius 1 is 1.25 bits per heavy atom. The van der Waals surface area contributed by atoms with Crippen LogP contribution in [0.25, 0.3) is 5.69 Å². The van der Waals surface area contributed by atoms with Gasteiger partial charge in [-0.1, -0.05) is 12.1 Å². The number of hydrogen-bond donors (Lipinski definition) is 1. The fourth-order valence-corrected chi connectivity index (χ4v) is 2.16. The molecule has 1 N–H and O–H groups in total. The normalized spacial score (nSPS) is 17.2. The van der Waals surface area contributed by atoms with Crippen molar-refractivity contribution < 1.29 is 0 Å². The average molecular weight is 212 g/mol. The van der Waals surface area contributed by atoms with Crippen LogP contribution in [0.3, 0.4) is 0 Å². The maximum Gasteiger partial charge on any atom is 0.181 e. The minimum absolute atomic E-state index is 0.0549. The van der Waals surface area contributed by atoms with E-state index in [0.29, 0.717) is 0 Å². The number of rotatable bonds is 0. The van der Waals surface area contributed by atoms with Crippen molar-refractivity contribution >= 4 is 5.69 Å². The van der Waals surface area contributed by atoms with E-state index in [0.717, 1.165) is 17.1 Å². The summed E-state index contributed by atoms with van der Waals surface area (Å²) in [6.07, 6.45) is 1.84. The largest absolute Gasteiger partial charge is 0.375 e. The number of anilines is 1. The van der Waals surface area contributed by atoms with Gasteiger partial charge >= 0.3 is 0 Å². The van der Waals surface area contributed by atoms with Crippen molar-refractivity contribution in [1.82, 2.24) is 4.57 Å². The fourth-order valence-electron chi connectivity index (χ4n) is 2.16. The van der Waals surface area contributed by atoms with Gasteiger partial charge in [-0.05, 0) is 19.1 Å². The van der Waals surface area contributed by atoms with Gasteiger partial charge in [0.2, 0.25) is 0 Å². The van der Waals surface area contributed by atoms with Crippen molar-refractivity contribution in [3.63, 3.8) is 0 Å². The lowest BCUT2D eigenvalue weighted by atomic mass is 10.1. The van der Waals surface area contributed by atoms with Gasteiger partial charge in [0.1, 0.15) is 0 Å². The molecule has 1 aliphatic heterocycles. The molecule has 0 spiro atoms. The second kappa shape index (κ2) is 3.23. The first-order chi connectivity index (χ1) is 7.75. The van der Waals surface area contributed by atoms with Gasteiger partial charge < -0.3 is 9.88 Å². The molecule has 0 amide bonds. The molecule has 1 aromatic carbocycles. The number of nitrogens with zero attached hydrogens (tertiary/aromatic N) is 1. The van der Waals surface area contributed by atoms with Gasteiger partial charge in [-0.15, -0.1) is 0 Å². The molecule has 3 rings (SSSR count). The van der Waals surface area contributed by atoms with Crippen LogP contribution >= 0.6 is 0 Å². The topological polar surface area (TPSA) is 34.0 Å². The van der Waals surface area contributed by atoms with Crippen molar-refractivity contribution in [3.05, 3.63) is 58.5 Å². The van der Waals surface area contributed by atoms with Crippen molar-refractivity contribution in [2.24, 2.45) is 0 Å². The van der Waals surface area contributed by atoms with E-state index in [2.05, 4.69) is 16.8 Å². The highest BCUT2D eigenvalue weighted by Crippen LogP contribution is 2.31. The molecular formula is C13H12N2O. The van der Waals surface area contributed by atoms with E-state index < -0.39 is 0 Å². The second-order valence-electron chi connectivity index (χ2n) is 4.04. The lowest BCUT2D eigenvalue weighted by Crippen LogP contribution is -2.22. The molecule has 1 aromatic heterocycles. The average Bonchev–Trinajstić information content (AvgIpc) is 2.29. The number of hydrogen-bond acceptors (Lipinski definition) is 2. The first kappa shape index (κ1) is 9.21. The number of pyridine rings is 1. The highest BCUT2D eigenvalue weighted by atomic mass is 16.1. The summed E-state index contributed by atoms with van der Waals surface area (Å²) >= 11 is 0. The zero-order valence-electron chi connectivity index (χ0n) is 8.97. The van der Waals surface area contributed by atoms with E-state index >= 15 is 0 Å². The van der Waals surface area contributed by atoms with Crippen LogP contribution in [0.5, 0.6) is 0 Å². The summed E-state index contributed by atoms with van der Waals surface area (Å²) < 4.78 is 2.07. The van der Waals surface area contributed by atoms with Crippen LogP contribution in [-0.2, 0) is 0 Å². The Morgan fingerprint density at radius 2 is 2.06 bits per heavy atom. The standard InChI is InChI=1S/C13H12N2O/c1-9-13-8-10(16)6-7-15(13)12-5-3-2-4-11(12)14-9/h2-9,14H,1H3. The Labute approximate surface area is 93.4 Å². The first-order valence-corrected chi connectivity index (χ1v) is 5.34. The van der Waals surface area contributed by atoms with E-state index in [4.69, 9.17) is 0 Å². The summed E-state index contributed by atoms with van der Waals surface area (Å²) in [7, 11) is 0. The zero-order valence-corrected chi connectivity index (χ0v) is 8.97.